The Hall–Kier alpha value is -4.65. The second kappa shape index (κ2) is 11.5. The van der Waals surface area contributed by atoms with Gasteiger partial charge in [-0.25, -0.2) is 4.39 Å². The van der Waals surface area contributed by atoms with Gasteiger partial charge in [-0.1, -0.05) is 54.6 Å². The van der Waals surface area contributed by atoms with Crippen molar-refractivity contribution in [3.8, 4) is 11.5 Å². The second-order valence-corrected chi connectivity index (χ2v) is 7.57. The van der Waals surface area contributed by atoms with E-state index in [1.54, 1.807) is 54.6 Å². The fourth-order valence-corrected chi connectivity index (χ4v) is 3.25. The summed E-state index contributed by atoms with van der Waals surface area (Å²) in [5.74, 6) is -0.575. The standard InChI is InChI=1S/C28H23FN2O4/c29-24-11-5-6-12-25(24)31-27(32)19-35-26-13-7-4-10-23(26)28(33)30-21-14-16-22(17-15-21)34-18-20-8-2-1-3-9-20/h1-17H,18-19H2,(H,30,33)(H,31,32). The summed E-state index contributed by atoms with van der Waals surface area (Å²) in [5, 5.41) is 5.25. The zero-order chi connectivity index (χ0) is 24.5. The van der Waals surface area contributed by atoms with Crippen LogP contribution >= 0.6 is 0 Å². The second-order valence-electron chi connectivity index (χ2n) is 7.57. The molecular formula is C28H23FN2O4. The largest absolute Gasteiger partial charge is 0.489 e. The predicted molar refractivity (Wildman–Crippen MR) is 132 cm³/mol. The van der Waals surface area contributed by atoms with E-state index in [-0.39, 0.29) is 23.6 Å². The summed E-state index contributed by atoms with van der Waals surface area (Å²) in [7, 11) is 0. The molecular weight excluding hydrogens is 447 g/mol. The lowest BCUT2D eigenvalue weighted by atomic mass is 10.2. The molecule has 0 bridgehead atoms. The van der Waals surface area contributed by atoms with Crippen molar-refractivity contribution in [1.82, 2.24) is 0 Å². The number of benzene rings is 4. The van der Waals surface area contributed by atoms with Crippen molar-refractivity contribution in [1.29, 1.82) is 0 Å². The van der Waals surface area contributed by atoms with Crippen molar-refractivity contribution in [3.05, 3.63) is 120 Å². The number of rotatable bonds is 9. The van der Waals surface area contributed by atoms with Gasteiger partial charge in [0.2, 0.25) is 0 Å². The average Bonchev–Trinajstić information content (AvgIpc) is 2.89. The minimum atomic E-state index is -0.545. The van der Waals surface area contributed by atoms with Gasteiger partial charge in [0.1, 0.15) is 23.9 Å². The molecule has 35 heavy (non-hydrogen) atoms. The fraction of sp³-hybridized carbons (Fsp3) is 0.0714. The van der Waals surface area contributed by atoms with E-state index in [1.165, 1.54) is 18.2 Å². The first-order chi connectivity index (χ1) is 17.1. The molecule has 4 aromatic carbocycles. The number of para-hydroxylation sites is 2. The molecule has 0 aliphatic rings. The topological polar surface area (TPSA) is 76.7 Å². The summed E-state index contributed by atoms with van der Waals surface area (Å²) in [4.78, 5) is 25.0. The van der Waals surface area contributed by atoms with Crippen molar-refractivity contribution in [2.24, 2.45) is 0 Å². The molecule has 0 spiro atoms. The zero-order valence-corrected chi connectivity index (χ0v) is 18.7. The van der Waals surface area contributed by atoms with Gasteiger partial charge in [0, 0.05) is 5.69 Å². The molecule has 0 saturated heterocycles. The third kappa shape index (κ3) is 6.68. The van der Waals surface area contributed by atoms with Gasteiger partial charge in [-0.2, -0.15) is 0 Å². The van der Waals surface area contributed by atoms with E-state index in [0.29, 0.717) is 18.0 Å². The Kier molecular flexibility index (Phi) is 7.70. The monoisotopic (exact) mass is 470 g/mol. The minimum absolute atomic E-state index is 0.0586. The summed E-state index contributed by atoms with van der Waals surface area (Å²) in [6, 6.07) is 29.3. The van der Waals surface area contributed by atoms with Crippen LogP contribution in [0.3, 0.4) is 0 Å². The van der Waals surface area contributed by atoms with Crippen LogP contribution in [0.15, 0.2) is 103 Å². The van der Waals surface area contributed by atoms with E-state index in [9.17, 15) is 14.0 Å². The van der Waals surface area contributed by atoms with Crippen molar-refractivity contribution in [2.75, 3.05) is 17.2 Å². The Bertz CT molecular complexity index is 1290. The molecule has 0 aliphatic heterocycles. The molecule has 0 radical (unpaired) electrons. The molecule has 0 unspecified atom stereocenters. The Morgan fingerprint density at radius 1 is 0.714 bits per heavy atom. The van der Waals surface area contributed by atoms with Crippen LogP contribution in [0.1, 0.15) is 15.9 Å². The van der Waals surface area contributed by atoms with Gasteiger partial charge in [-0.05, 0) is 54.1 Å². The molecule has 0 fully saturated rings. The maximum Gasteiger partial charge on any atom is 0.262 e. The van der Waals surface area contributed by atoms with E-state index in [0.717, 1.165) is 5.56 Å². The number of nitrogens with one attached hydrogen (secondary N) is 2. The van der Waals surface area contributed by atoms with E-state index < -0.39 is 17.6 Å². The number of amides is 2. The van der Waals surface area contributed by atoms with Gasteiger partial charge in [-0.15, -0.1) is 0 Å². The first-order valence-electron chi connectivity index (χ1n) is 10.9. The van der Waals surface area contributed by atoms with Gasteiger partial charge >= 0.3 is 0 Å². The first kappa shape index (κ1) is 23.5. The van der Waals surface area contributed by atoms with Crippen molar-refractivity contribution in [2.45, 2.75) is 6.61 Å². The van der Waals surface area contributed by atoms with Crippen LogP contribution in [0.4, 0.5) is 15.8 Å². The number of hydrogen-bond acceptors (Lipinski definition) is 4. The highest BCUT2D eigenvalue weighted by molar-refractivity contribution is 6.06. The average molecular weight is 471 g/mol. The highest BCUT2D eigenvalue weighted by Crippen LogP contribution is 2.22. The predicted octanol–water partition coefficient (Wildman–Crippen LogP) is 5.67. The lowest BCUT2D eigenvalue weighted by Gasteiger charge is -2.12. The van der Waals surface area contributed by atoms with E-state index >= 15 is 0 Å². The number of carbonyl (C=O) groups excluding carboxylic acids is 2. The van der Waals surface area contributed by atoms with E-state index in [2.05, 4.69) is 10.6 Å². The number of carbonyl (C=O) groups is 2. The maximum atomic E-state index is 13.7. The highest BCUT2D eigenvalue weighted by atomic mass is 19.1. The molecule has 7 heteroatoms. The molecule has 0 saturated carbocycles. The molecule has 6 nitrogen and oxygen atoms in total. The molecule has 0 heterocycles. The maximum absolute atomic E-state index is 13.7. The van der Waals surface area contributed by atoms with Crippen molar-refractivity contribution in [3.63, 3.8) is 0 Å². The highest BCUT2D eigenvalue weighted by Gasteiger charge is 2.14. The zero-order valence-electron chi connectivity index (χ0n) is 18.7. The Balaban J connectivity index is 1.33. The smallest absolute Gasteiger partial charge is 0.262 e. The molecule has 0 aromatic heterocycles. The molecule has 2 N–H and O–H groups in total. The van der Waals surface area contributed by atoms with Gasteiger partial charge in [0.15, 0.2) is 6.61 Å². The fourth-order valence-electron chi connectivity index (χ4n) is 3.25. The number of ether oxygens (including phenoxy) is 2. The van der Waals surface area contributed by atoms with Gasteiger partial charge in [0.05, 0.1) is 11.3 Å². The number of halogens is 1. The number of hydrogen-bond donors (Lipinski definition) is 2. The molecule has 4 rings (SSSR count). The quantitative estimate of drug-likeness (QED) is 0.330. The van der Waals surface area contributed by atoms with Crippen LogP contribution in [0, 0.1) is 5.82 Å². The van der Waals surface area contributed by atoms with Crippen LogP contribution < -0.4 is 20.1 Å². The summed E-state index contributed by atoms with van der Waals surface area (Å²) in [5.41, 5.74) is 1.96. The molecule has 2 amide bonds. The molecule has 176 valence electrons. The summed E-state index contributed by atoms with van der Waals surface area (Å²) in [6.07, 6.45) is 0. The lowest BCUT2D eigenvalue weighted by Crippen LogP contribution is -2.22. The van der Waals surface area contributed by atoms with Gasteiger partial charge in [0.25, 0.3) is 11.8 Å². The van der Waals surface area contributed by atoms with Crippen LogP contribution in [0.25, 0.3) is 0 Å². The normalized spacial score (nSPS) is 10.3. The third-order valence-corrected chi connectivity index (χ3v) is 5.00. The van der Waals surface area contributed by atoms with Crippen LogP contribution in [0.5, 0.6) is 11.5 Å². The Morgan fingerprint density at radius 3 is 2.17 bits per heavy atom. The van der Waals surface area contributed by atoms with E-state index in [4.69, 9.17) is 9.47 Å². The molecule has 0 atom stereocenters. The summed E-state index contributed by atoms with van der Waals surface area (Å²) in [6.45, 7) is 0.0633. The van der Waals surface area contributed by atoms with Crippen molar-refractivity contribution < 1.29 is 23.5 Å². The first-order valence-corrected chi connectivity index (χ1v) is 10.9. The Morgan fingerprint density at radius 2 is 1.40 bits per heavy atom. The minimum Gasteiger partial charge on any atom is -0.489 e. The lowest BCUT2D eigenvalue weighted by molar-refractivity contribution is -0.118. The SMILES string of the molecule is O=C(COc1ccccc1C(=O)Nc1ccc(OCc2ccccc2)cc1)Nc1ccccc1F. The third-order valence-electron chi connectivity index (χ3n) is 5.00. The van der Waals surface area contributed by atoms with Crippen LogP contribution in [-0.2, 0) is 11.4 Å². The molecule has 0 aliphatic carbocycles. The van der Waals surface area contributed by atoms with Crippen LogP contribution in [-0.4, -0.2) is 18.4 Å². The van der Waals surface area contributed by atoms with Crippen LogP contribution in [0.2, 0.25) is 0 Å². The summed E-state index contributed by atoms with van der Waals surface area (Å²) >= 11 is 0. The summed E-state index contributed by atoms with van der Waals surface area (Å²) < 4.78 is 25.0. The van der Waals surface area contributed by atoms with Gasteiger partial charge in [-0.3, -0.25) is 9.59 Å². The Labute approximate surface area is 202 Å². The number of anilines is 2. The van der Waals surface area contributed by atoms with Gasteiger partial charge < -0.3 is 20.1 Å². The molecule has 4 aromatic rings. The van der Waals surface area contributed by atoms with Crippen molar-refractivity contribution >= 4 is 23.2 Å². The van der Waals surface area contributed by atoms with E-state index in [1.807, 2.05) is 30.3 Å².